The lowest BCUT2D eigenvalue weighted by molar-refractivity contribution is -0.154. The average Bonchev–Trinajstić information content (AvgIpc) is 3.65. The van der Waals surface area contributed by atoms with Gasteiger partial charge in [-0.2, -0.15) is 0 Å². The van der Waals surface area contributed by atoms with Gasteiger partial charge in [0.15, 0.2) is 11.5 Å². The third-order valence-electron chi connectivity index (χ3n) is 11.9. The van der Waals surface area contributed by atoms with Crippen LogP contribution >= 0.6 is 21.6 Å². The lowest BCUT2D eigenvalue weighted by Gasteiger charge is -2.50. The number of esters is 2. The van der Waals surface area contributed by atoms with Gasteiger partial charge in [0.25, 0.3) is 0 Å². The summed E-state index contributed by atoms with van der Waals surface area (Å²) in [5, 5.41) is -0.529. The summed E-state index contributed by atoms with van der Waals surface area (Å²) in [6, 6.07) is 11.2. The highest BCUT2D eigenvalue weighted by atomic mass is 33.1. The molecule has 3 aliphatic carbocycles. The van der Waals surface area contributed by atoms with Gasteiger partial charge in [-0.15, -0.1) is 0 Å². The quantitative estimate of drug-likeness (QED) is 0.0875. The third kappa shape index (κ3) is 9.52. The van der Waals surface area contributed by atoms with E-state index in [9.17, 15) is 19.2 Å². The maximum atomic E-state index is 13.4. The molecule has 3 fully saturated rings. The van der Waals surface area contributed by atoms with E-state index >= 15 is 0 Å². The number of imide groups is 1. The van der Waals surface area contributed by atoms with Crippen molar-refractivity contribution < 1.29 is 52.3 Å². The van der Waals surface area contributed by atoms with Crippen LogP contribution < -0.4 is 19.1 Å². The Balaban J connectivity index is 0.855. The Bertz CT molecular complexity index is 1740. The molecule has 304 valence electrons. The van der Waals surface area contributed by atoms with Crippen LogP contribution in [0.25, 0.3) is 0 Å². The van der Waals surface area contributed by atoms with Gasteiger partial charge in [-0.3, -0.25) is 19.2 Å². The molecule has 2 aromatic rings. The normalized spacial score (nSPS) is 28.3. The summed E-state index contributed by atoms with van der Waals surface area (Å²) in [5.41, 5.74) is 3.13. The molecule has 0 N–H and O–H groups in total. The lowest BCUT2D eigenvalue weighted by atomic mass is 9.55. The van der Waals surface area contributed by atoms with E-state index in [4.69, 9.17) is 33.2 Å². The number of carbonyl (C=O) groups is 4. The fourth-order valence-corrected chi connectivity index (χ4v) is 11.8. The Morgan fingerprint density at radius 1 is 0.875 bits per heavy atom. The lowest BCUT2D eigenvalue weighted by Crippen LogP contribution is -2.45. The molecule has 6 atom stereocenters. The second kappa shape index (κ2) is 19.0. The SMILES string of the molecule is CC(=O)O[C@H]1CC[C@H]2[C@@H]3CCc4cc(OC(=O)CCCSSC5CC(=O)N(c6ccc7c(c6)OCCOCCOCCOCCO7)C5=O)ccc4[C@H]3CC[C@]12C. The largest absolute Gasteiger partial charge is 0.487 e. The molecule has 2 amide bonds. The van der Waals surface area contributed by atoms with E-state index in [-0.39, 0.29) is 54.7 Å². The predicted molar refractivity (Wildman–Crippen MR) is 212 cm³/mol. The first-order valence-electron chi connectivity index (χ1n) is 20.0. The highest BCUT2D eigenvalue weighted by Gasteiger charge is 2.56. The number of aryl methyl sites for hydroxylation is 1. The average molecular weight is 812 g/mol. The fourth-order valence-electron chi connectivity index (χ4n) is 9.34. The number of benzene rings is 2. The van der Waals surface area contributed by atoms with Gasteiger partial charge < -0.3 is 33.2 Å². The Morgan fingerprint density at radius 3 is 2.36 bits per heavy atom. The summed E-state index contributed by atoms with van der Waals surface area (Å²) in [6.45, 7) is 6.96. The van der Waals surface area contributed by atoms with Crippen LogP contribution in [0.3, 0.4) is 0 Å². The second-order valence-electron chi connectivity index (χ2n) is 15.4. The van der Waals surface area contributed by atoms with Crippen molar-refractivity contribution in [2.24, 2.45) is 17.3 Å². The van der Waals surface area contributed by atoms with Crippen molar-refractivity contribution in [3.63, 3.8) is 0 Å². The van der Waals surface area contributed by atoms with E-state index in [1.54, 1.807) is 18.2 Å². The Kier molecular flexibility index (Phi) is 13.8. The van der Waals surface area contributed by atoms with Gasteiger partial charge >= 0.3 is 11.9 Å². The molecule has 0 spiro atoms. The summed E-state index contributed by atoms with van der Waals surface area (Å²) in [6.07, 6.45) is 7.20. The van der Waals surface area contributed by atoms with Gasteiger partial charge in [-0.05, 0) is 98.1 Å². The molecule has 56 heavy (non-hydrogen) atoms. The molecule has 1 saturated heterocycles. The van der Waals surface area contributed by atoms with Gasteiger partial charge in [-0.1, -0.05) is 34.6 Å². The van der Waals surface area contributed by atoms with Crippen molar-refractivity contribution in [2.75, 3.05) is 63.5 Å². The second-order valence-corrected chi connectivity index (χ2v) is 18.1. The Labute approximate surface area is 336 Å². The standard InChI is InChI=1S/C42H53NO11S2/c1-27(44)53-38-12-10-34-33-8-5-28-24-30(7-9-31(28)32(33)13-14-42(34,38)2)54-40(46)4-3-23-55-56-37-26-39(45)43(41(37)47)29-6-11-35-36(25-29)52-22-20-50-18-16-48-15-17-49-19-21-51-35/h6-7,9,11,24-25,32-34,37-38H,3-5,8,10,12-23,26H2,1-2H3/t32-,33-,34+,37?,38+,42+/m1/s1. The third-order valence-corrected chi connectivity index (χ3v) is 14.7. The zero-order valence-corrected chi connectivity index (χ0v) is 34.0. The van der Waals surface area contributed by atoms with Crippen molar-refractivity contribution in [1.82, 2.24) is 0 Å². The van der Waals surface area contributed by atoms with Gasteiger partial charge in [0, 0.05) is 37.0 Å². The van der Waals surface area contributed by atoms with E-state index in [1.165, 1.54) is 44.5 Å². The number of rotatable bonds is 9. The van der Waals surface area contributed by atoms with E-state index in [1.807, 2.05) is 12.1 Å². The van der Waals surface area contributed by atoms with Crippen LogP contribution in [-0.4, -0.2) is 93.7 Å². The zero-order valence-electron chi connectivity index (χ0n) is 32.3. The van der Waals surface area contributed by atoms with E-state index in [0.29, 0.717) is 99.1 Å². The summed E-state index contributed by atoms with van der Waals surface area (Å²) >= 11 is 0. The number of amides is 2. The van der Waals surface area contributed by atoms with Crippen LogP contribution in [0.15, 0.2) is 36.4 Å². The molecule has 12 nitrogen and oxygen atoms in total. The van der Waals surface area contributed by atoms with Gasteiger partial charge in [0.1, 0.15) is 30.3 Å². The summed E-state index contributed by atoms with van der Waals surface area (Å²) in [4.78, 5) is 52.3. The smallest absolute Gasteiger partial charge is 0.311 e. The molecule has 1 unspecified atom stereocenters. The highest BCUT2D eigenvalue weighted by molar-refractivity contribution is 8.77. The van der Waals surface area contributed by atoms with E-state index in [0.717, 1.165) is 38.5 Å². The van der Waals surface area contributed by atoms with Crippen molar-refractivity contribution in [3.8, 4) is 17.2 Å². The number of ether oxygens (including phenoxy) is 7. The van der Waals surface area contributed by atoms with Crippen LogP contribution in [0.5, 0.6) is 17.2 Å². The first kappa shape index (κ1) is 40.9. The van der Waals surface area contributed by atoms with Crippen molar-refractivity contribution in [1.29, 1.82) is 0 Å². The first-order valence-corrected chi connectivity index (χ1v) is 22.4. The fraction of sp³-hybridized carbons (Fsp3) is 0.619. The first-order chi connectivity index (χ1) is 27.2. The minimum absolute atomic E-state index is 0.0203. The summed E-state index contributed by atoms with van der Waals surface area (Å²) < 4.78 is 39.9. The van der Waals surface area contributed by atoms with Crippen LogP contribution in [0.2, 0.25) is 0 Å². The monoisotopic (exact) mass is 811 g/mol. The summed E-state index contributed by atoms with van der Waals surface area (Å²) in [7, 11) is 2.85. The van der Waals surface area contributed by atoms with Crippen molar-refractivity contribution >= 4 is 51.0 Å². The van der Waals surface area contributed by atoms with E-state index < -0.39 is 5.25 Å². The molecule has 0 bridgehead atoms. The Hall–Kier alpha value is -3.30. The van der Waals surface area contributed by atoms with Crippen molar-refractivity contribution in [3.05, 3.63) is 47.5 Å². The molecule has 0 aromatic heterocycles. The number of nitrogens with zero attached hydrogens (tertiary/aromatic N) is 1. The molecule has 0 radical (unpaired) electrons. The topological polar surface area (TPSA) is 136 Å². The minimum Gasteiger partial charge on any atom is -0.487 e. The molecule has 14 heteroatoms. The van der Waals surface area contributed by atoms with Crippen LogP contribution in [0.1, 0.15) is 82.3 Å². The maximum absolute atomic E-state index is 13.4. The Morgan fingerprint density at radius 2 is 1.61 bits per heavy atom. The number of anilines is 1. The van der Waals surface area contributed by atoms with Crippen molar-refractivity contribution in [2.45, 2.75) is 88.9 Å². The molecule has 2 aromatic carbocycles. The summed E-state index contributed by atoms with van der Waals surface area (Å²) in [5.74, 6) is 2.73. The maximum Gasteiger partial charge on any atom is 0.311 e. The van der Waals surface area contributed by atoms with Crippen LogP contribution in [0.4, 0.5) is 5.69 Å². The molecule has 7 rings (SSSR count). The van der Waals surface area contributed by atoms with Crippen LogP contribution in [-0.2, 0) is 44.5 Å². The molecular formula is C42H53NO11S2. The number of carbonyl (C=O) groups excluding carboxylic acids is 4. The number of fused-ring (bicyclic) bond motifs is 6. The van der Waals surface area contributed by atoms with Gasteiger partial charge in [0.2, 0.25) is 11.8 Å². The number of hydrogen-bond donors (Lipinski definition) is 0. The predicted octanol–water partition coefficient (Wildman–Crippen LogP) is 6.69. The zero-order chi connectivity index (χ0) is 39.1. The van der Waals surface area contributed by atoms with Crippen LogP contribution in [0, 0.1) is 17.3 Å². The number of hydrogen-bond acceptors (Lipinski definition) is 13. The van der Waals surface area contributed by atoms with Gasteiger partial charge in [0.05, 0.1) is 45.3 Å². The molecule has 2 aliphatic heterocycles. The molecule has 2 heterocycles. The van der Waals surface area contributed by atoms with Gasteiger partial charge in [-0.25, -0.2) is 4.90 Å². The minimum atomic E-state index is -0.529. The van der Waals surface area contributed by atoms with E-state index in [2.05, 4.69) is 13.0 Å². The highest BCUT2D eigenvalue weighted by Crippen LogP contribution is 2.61. The molecule has 2 saturated carbocycles. The molecule has 5 aliphatic rings. The molecular weight excluding hydrogens is 759 g/mol.